The number of nitrogens with zero attached hydrogens (tertiary/aromatic N) is 4. The molecule has 3 aromatic rings. The summed E-state index contributed by atoms with van der Waals surface area (Å²) in [6, 6.07) is 18.5. The van der Waals surface area contributed by atoms with Gasteiger partial charge in [-0.1, -0.05) is 41.6 Å². The third-order valence-corrected chi connectivity index (χ3v) is 3.70. The van der Waals surface area contributed by atoms with Gasteiger partial charge in [-0.3, -0.25) is 0 Å². The molecule has 1 aliphatic rings. The molecule has 4 heteroatoms. The zero-order chi connectivity index (χ0) is 13.5. The summed E-state index contributed by atoms with van der Waals surface area (Å²) in [7, 11) is 2.09. The topological polar surface area (TPSA) is 34.0 Å². The lowest BCUT2D eigenvalue weighted by atomic mass is 10.0. The van der Waals surface area contributed by atoms with Crippen molar-refractivity contribution in [2.24, 2.45) is 0 Å². The van der Waals surface area contributed by atoms with Gasteiger partial charge in [0.1, 0.15) is 11.4 Å². The van der Waals surface area contributed by atoms with Gasteiger partial charge in [0.05, 0.1) is 12.2 Å². The van der Waals surface area contributed by atoms with Crippen molar-refractivity contribution in [2.45, 2.75) is 6.54 Å². The molecule has 0 spiro atoms. The molecule has 0 aliphatic carbocycles. The third-order valence-electron chi connectivity index (χ3n) is 3.70. The first-order valence-electron chi connectivity index (χ1n) is 6.65. The average molecular weight is 262 g/mol. The van der Waals surface area contributed by atoms with Crippen LogP contribution in [0, 0.1) is 0 Å². The van der Waals surface area contributed by atoms with E-state index in [1.807, 2.05) is 22.9 Å². The van der Waals surface area contributed by atoms with E-state index in [4.69, 9.17) is 0 Å². The van der Waals surface area contributed by atoms with E-state index < -0.39 is 0 Å². The minimum atomic E-state index is 0.791. The van der Waals surface area contributed by atoms with Gasteiger partial charge < -0.3 is 4.90 Å². The lowest BCUT2D eigenvalue weighted by molar-refractivity contribution is 0.799. The maximum atomic E-state index is 4.35. The van der Waals surface area contributed by atoms with Crippen LogP contribution in [-0.4, -0.2) is 22.0 Å². The highest BCUT2D eigenvalue weighted by atomic mass is 15.4. The van der Waals surface area contributed by atoms with Crippen molar-refractivity contribution in [3.05, 3.63) is 60.3 Å². The Morgan fingerprint density at radius 2 is 1.70 bits per heavy atom. The van der Waals surface area contributed by atoms with Crippen LogP contribution >= 0.6 is 0 Å². The second-order valence-corrected chi connectivity index (χ2v) is 5.01. The van der Waals surface area contributed by atoms with E-state index in [-0.39, 0.29) is 0 Å². The SMILES string of the molecule is CN1Cc2nnn(-c3ccccc3)c2-c2ccccc21. The van der Waals surface area contributed by atoms with Crippen LogP contribution in [0.25, 0.3) is 16.9 Å². The number of aromatic nitrogens is 3. The van der Waals surface area contributed by atoms with Crippen molar-refractivity contribution in [3.8, 4) is 16.9 Å². The summed E-state index contributed by atoms with van der Waals surface area (Å²) in [4.78, 5) is 2.21. The van der Waals surface area contributed by atoms with E-state index >= 15 is 0 Å². The third kappa shape index (κ3) is 1.54. The first kappa shape index (κ1) is 11.2. The summed E-state index contributed by atoms with van der Waals surface area (Å²) < 4.78 is 1.93. The second-order valence-electron chi connectivity index (χ2n) is 5.01. The number of fused-ring (bicyclic) bond motifs is 3. The van der Waals surface area contributed by atoms with Gasteiger partial charge >= 0.3 is 0 Å². The molecule has 0 atom stereocenters. The van der Waals surface area contributed by atoms with Crippen LogP contribution in [0.5, 0.6) is 0 Å². The normalized spacial score (nSPS) is 12.9. The zero-order valence-corrected chi connectivity index (χ0v) is 11.2. The molecule has 1 aliphatic heterocycles. The van der Waals surface area contributed by atoms with Crippen molar-refractivity contribution >= 4 is 5.69 Å². The van der Waals surface area contributed by atoms with E-state index in [2.05, 4.69) is 58.7 Å². The summed E-state index contributed by atoms with van der Waals surface area (Å²) in [5, 5.41) is 8.70. The van der Waals surface area contributed by atoms with Crippen molar-refractivity contribution in [3.63, 3.8) is 0 Å². The number of hydrogen-bond donors (Lipinski definition) is 0. The number of hydrogen-bond acceptors (Lipinski definition) is 3. The number of rotatable bonds is 1. The summed E-state index contributed by atoms with van der Waals surface area (Å²) in [5.74, 6) is 0. The molecule has 0 fully saturated rings. The fraction of sp³-hybridized carbons (Fsp3) is 0.125. The molecule has 0 radical (unpaired) electrons. The highest BCUT2D eigenvalue weighted by molar-refractivity contribution is 5.81. The van der Waals surface area contributed by atoms with Crippen LogP contribution in [0.2, 0.25) is 0 Å². The highest BCUT2D eigenvalue weighted by Gasteiger charge is 2.25. The Bertz CT molecular complexity index is 761. The zero-order valence-electron chi connectivity index (χ0n) is 11.2. The number of para-hydroxylation sites is 2. The molecule has 0 saturated heterocycles. The molecule has 0 amide bonds. The Labute approximate surface area is 117 Å². The van der Waals surface area contributed by atoms with Crippen molar-refractivity contribution in [1.82, 2.24) is 15.0 Å². The Morgan fingerprint density at radius 1 is 0.950 bits per heavy atom. The Hall–Kier alpha value is -2.62. The molecule has 2 heterocycles. The van der Waals surface area contributed by atoms with Crippen molar-refractivity contribution in [1.29, 1.82) is 0 Å². The van der Waals surface area contributed by atoms with Gasteiger partial charge in [0.25, 0.3) is 0 Å². The molecule has 0 unspecified atom stereocenters. The van der Waals surface area contributed by atoms with Crippen LogP contribution in [-0.2, 0) is 6.54 Å². The van der Waals surface area contributed by atoms with E-state index in [0.29, 0.717) is 0 Å². The molecular formula is C16H14N4. The maximum absolute atomic E-state index is 4.35. The predicted molar refractivity (Wildman–Crippen MR) is 78.9 cm³/mol. The number of anilines is 1. The van der Waals surface area contributed by atoms with Crippen LogP contribution < -0.4 is 4.90 Å². The summed E-state index contributed by atoms with van der Waals surface area (Å²) in [6.45, 7) is 0.791. The summed E-state index contributed by atoms with van der Waals surface area (Å²) in [6.07, 6.45) is 0. The van der Waals surface area contributed by atoms with Crippen LogP contribution in [0.15, 0.2) is 54.6 Å². The van der Waals surface area contributed by atoms with Gasteiger partial charge in [0.2, 0.25) is 0 Å². The Balaban J connectivity index is 1.98. The maximum Gasteiger partial charge on any atom is 0.110 e. The van der Waals surface area contributed by atoms with Gasteiger partial charge in [-0.25, -0.2) is 4.68 Å². The van der Waals surface area contributed by atoms with Crippen molar-refractivity contribution < 1.29 is 0 Å². The van der Waals surface area contributed by atoms with E-state index in [1.54, 1.807) is 0 Å². The van der Waals surface area contributed by atoms with Gasteiger partial charge in [0.15, 0.2) is 0 Å². The lowest BCUT2D eigenvalue weighted by Crippen LogP contribution is -2.22. The van der Waals surface area contributed by atoms with Crippen LogP contribution in [0.4, 0.5) is 5.69 Å². The molecular weight excluding hydrogens is 248 g/mol. The quantitative estimate of drug-likeness (QED) is 0.676. The minimum Gasteiger partial charge on any atom is -0.368 e. The van der Waals surface area contributed by atoms with E-state index in [0.717, 1.165) is 23.6 Å². The monoisotopic (exact) mass is 262 g/mol. The molecule has 20 heavy (non-hydrogen) atoms. The molecule has 4 nitrogen and oxygen atoms in total. The summed E-state index contributed by atoms with van der Waals surface area (Å²) in [5.41, 5.74) is 5.57. The predicted octanol–water partition coefficient (Wildman–Crippen LogP) is 2.88. The van der Waals surface area contributed by atoms with Crippen LogP contribution in [0.1, 0.15) is 5.69 Å². The molecule has 0 saturated carbocycles. The summed E-state index contributed by atoms with van der Waals surface area (Å²) >= 11 is 0. The first-order chi connectivity index (χ1) is 9.84. The fourth-order valence-corrected chi connectivity index (χ4v) is 2.76. The minimum absolute atomic E-state index is 0.791. The smallest absolute Gasteiger partial charge is 0.110 e. The molecule has 2 aromatic carbocycles. The molecule has 4 rings (SSSR count). The second kappa shape index (κ2) is 4.20. The van der Waals surface area contributed by atoms with Gasteiger partial charge in [-0.2, -0.15) is 0 Å². The highest BCUT2D eigenvalue weighted by Crippen LogP contribution is 2.37. The van der Waals surface area contributed by atoms with Gasteiger partial charge in [-0.05, 0) is 18.2 Å². The van der Waals surface area contributed by atoms with Crippen molar-refractivity contribution in [2.75, 3.05) is 11.9 Å². The van der Waals surface area contributed by atoms with Crippen LogP contribution in [0.3, 0.4) is 0 Å². The Kier molecular flexibility index (Phi) is 2.36. The van der Waals surface area contributed by atoms with Gasteiger partial charge in [-0.15, -0.1) is 5.10 Å². The lowest BCUT2D eigenvalue weighted by Gasteiger charge is -2.26. The fourth-order valence-electron chi connectivity index (χ4n) is 2.76. The van der Waals surface area contributed by atoms with Gasteiger partial charge in [0, 0.05) is 18.3 Å². The molecule has 0 N–H and O–H groups in total. The van der Waals surface area contributed by atoms with E-state index in [9.17, 15) is 0 Å². The average Bonchev–Trinajstić information content (AvgIpc) is 2.92. The molecule has 98 valence electrons. The first-order valence-corrected chi connectivity index (χ1v) is 6.65. The van der Waals surface area contributed by atoms with E-state index in [1.165, 1.54) is 11.3 Å². The molecule has 0 bridgehead atoms. The largest absolute Gasteiger partial charge is 0.368 e. The molecule has 1 aromatic heterocycles. The standard InChI is InChI=1S/C16H14N4/c1-19-11-14-16(13-9-5-6-10-15(13)19)20(18-17-14)12-7-3-2-4-8-12/h2-10H,11H2,1H3. The Morgan fingerprint density at radius 3 is 2.55 bits per heavy atom. The number of benzene rings is 2.